The van der Waals surface area contributed by atoms with E-state index in [2.05, 4.69) is 15.5 Å². The van der Waals surface area contributed by atoms with Crippen molar-refractivity contribution in [1.82, 2.24) is 15.1 Å². The molecule has 5 nitrogen and oxygen atoms in total. The van der Waals surface area contributed by atoms with Gasteiger partial charge in [0.05, 0.1) is 6.54 Å². The van der Waals surface area contributed by atoms with Crippen LogP contribution in [0.25, 0.3) is 22.6 Å². The third-order valence-electron chi connectivity index (χ3n) is 4.48. The molecule has 134 valence electrons. The van der Waals surface area contributed by atoms with E-state index in [-0.39, 0.29) is 0 Å². The molecule has 5 heteroatoms. The fourth-order valence-electron chi connectivity index (χ4n) is 2.83. The fraction of sp³-hybridized carbons (Fsp3) is 0.136. The lowest BCUT2D eigenvalue weighted by atomic mass is 10.1. The maximum Gasteiger partial charge on any atom is 0.161 e. The van der Waals surface area contributed by atoms with Crippen molar-refractivity contribution < 1.29 is 4.52 Å². The van der Waals surface area contributed by atoms with E-state index >= 15 is 0 Å². The first-order valence-electron chi connectivity index (χ1n) is 8.86. The van der Waals surface area contributed by atoms with E-state index in [1.165, 1.54) is 0 Å². The van der Waals surface area contributed by atoms with E-state index < -0.39 is 0 Å². The van der Waals surface area contributed by atoms with Gasteiger partial charge in [-0.3, -0.25) is 0 Å². The van der Waals surface area contributed by atoms with Crippen molar-refractivity contribution in [3.8, 4) is 22.6 Å². The monoisotopic (exact) mass is 356 g/mol. The molecule has 0 bridgehead atoms. The number of hydrogen-bond donors (Lipinski definition) is 1. The predicted octanol–water partition coefficient (Wildman–Crippen LogP) is 5.03. The molecule has 0 aliphatic carbocycles. The summed E-state index contributed by atoms with van der Waals surface area (Å²) < 4.78 is 5.47. The molecule has 27 heavy (non-hydrogen) atoms. The molecule has 0 aliphatic heterocycles. The number of rotatable bonds is 5. The summed E-state index contributed by atoms with van der Waals surface area (Å²) in [4.78, 5) is 9.31. The summed E-state index contributed by atoms with van der Waals surface area (Å²) in [7, 11) is 0. The molecule has 0 saturated carbocycles. The Hall–Kier alpha value is -3.47. The lowest BCUT2D eigenvalue weighted by Crippen LogP contribution is -2.06. The minimum absolute atomic E-state index is 0.505. The molecule has 2 aromatic heterocycles. The summed E-state index contributed by atoms with van der Waals surface area (Å²) in [6, 6.07) is 21.9. The largest absolute Gasteiger partial charge is 0.362 e. The third-order valence-corrected chi connectivity index (χ3v) is 4.48. The van der Waals surface area contributed by atoms with Gasteiger partial charge in [0.15, 0.2) is 11.6 Å². The predicted molar refractivity (Wildman–Crippen MR) is 106 cm³/mol. The molecule has 0 radical (unpaired) electrons. The highest BCUT2D eigenvalue weighted by molar-refractivity contribution is 5.60. The van der Waals surface area contributed by atoms with Crippen molar-refractivity contribution in [3.05, 3.63) is 83.7 Å². The molecule has 0 spiro atoms. The van der Waals surface area contributed by atoms with Crippen LogP contribution in [0.15, 0.2) is 71.3 Å². The number of benzene rings is 2. The average molecular weight is 356 g/mol. The zero-order valence-corrected chi connectivity index (χ0v) is 15.3. The summed E-state index contributed by atoms with van der Waals surface area (Å²) >= 11 is 0. The van der Waals surface area contributed by atoms with Gasteiger partial charge in [0.2, 0.25) is 0 Å². The summed E-state index contributed by atoms with van der Waals surface area (Å²) in [6.07, 6.45) is 0. The van der Waals surface area contributed by atoms with Gasteiger partial charge in [0, 0.05) is 28.5 Å². The minimum atomic E-state index is 0.505. The Balaban J connectivity index is 1.55. The molecular formula is C22H20N4O. The Kier molecular flexibility index (Phi) is 4.66. The molecule has 0 atom stereocenters. The quantitative estimate of drug-likeness (QED) is 0.543. The van der Waals surface area contributed by atoms with Crippen molar-refractivity contribution in [2.24, 2.45) is 0 Å². The second-order valence-corrected chi connectivity index (χ2v) is 6.37. The molecule has 0 unspecified atom stereocenters. The second-order valence-electron chi connectivity index (χ2n) is 6.37. The Morgan fingerprint density at radius 3 is 2.22 bits per heavy atom. The SMILES string of the molecule is Cc1nc(-c2ccccc2)nc(NCc2cc(-c3ccccc3)no2)c1C. The topological polar surface area (TPSA) is 63.8 Å². The van der Waals surface area contributed by atoms with Crippen LogP contribution in [0.2, 0.25) is 0 Å². The van der Waals surface area contributed by atoms with Gasteiger partial charge in [-0.05, 0) is 13.8 Å². The van der Waals surface area contributed by atoms with Crippen LogP contribution >= 0.6 is 0 Å². The van der Waals surface area contributed by atoms with Crippen LogP contribution in [0.1, 0.15) is 17.0 Å². The van der Waals surface area contributed by atoms with Gasteiger partial charge in [0.25, 0.3) is 0 Å². The minimum Gasteiger partial charge on any atom is -0.362 e. The van der Waals surface area contributed by atoms with E-state index in [4.69, 9.17) is 9.51 Å². The average Bonchev–Trinajstić information content (AvgIpc) is 3.19. The fourth-order valence-corrected chi connectivity index (χ4v) is 2.83. The first-order valence-corrected chi connectivity index (χ1v) is 8.86. The number of aryl methyl sites for hydroxylation is 1. The Labute approximate surface area is 158 Å². The van der Waals surface area contributed by atoms with Gasteiger partial charge in [-0.2, -0.15) is 0 Å². The molecular weight excluding hydrogens is 336 g/mol. The number of nitrogens with one attached hydrogen (secondary N) is 1. The van der Waals surface area contributed by atoms with Gasteiger partial charge >= 0.3 is 0 Å². The molecule has 4 rings (SSSR count). The molecule has 0 amide bonds. The third kappa shape index (κ3) is 3.72. The maximum atomic E-state index is 5.47. The van der Waals surface area contributed by atoms with E-state index in [1.807, 2.05) is 80.6 Å². The maximum absolute atomic E-state index is 5.47. The zero-order chi connectivity index (χ0) is 18.6. The standard InChI is InChI=1S/C22H20N4O/c1-15-16(2)24-22(18-11-7-4-8-12-18)25-21(15)23-14-19-13-20(26-27-19)17-9-5-3-6-10-17/h3-13H,14H2,1-2H3,(H,23,24,25). The van der Waals surface area contributed by atoms with Gasteiger partial charge in [-0.15, -0.1) is 0 Å². The van der Waals surface area contributed by atoms with E-state index in [0.717, 1.165) is 39.7 Å². The first kappa shape index (κ1) is 17.0. The van der Waals surface area contributed by atoms with Crippen molar-refractivity contribution in [1.29, 1.82) is 0 Å². The van der Waals surface area contributed by atoms with Gasteiger partial charge in [0.1, 0.15) is 11.5 Å². The smallest absolute Gasteiger partial charge is 0.161 e. The molecule has 2 heterocycles. The highest BCUT2D eigenvalue weighted by Crippen LogP contribution is 2.23. The normalized spacial score (nSPS) is 10.7. The van der Waals surface area contributed by atoms with Crippen molar-refractivity contribution in [2.45, 2.75) is 20.4 Å². The van der Waals surface area contributed by atoms with Crippen molar-refractivity contribution in [2.75, 3.05) is 5.32 Å². The van der Waals surface area contributed by atoms with Crippen molar-refractivity contribution in [3.63, 3.8) is 0 Å². The Morgan fingerprint density at radius 1 is 0.852 bits per heavy atom. The van der Waals surface area contributed by atoms with Crippen LogP contribution in [-0.4, -0.2) is 15.1 Å². The molecule has 0 aliphatic rings. The van der Waals surface area contributed by atoms with Gasteiger partial charge in [-0.25, -0.2) is 9.97 Å². The number of nitrogens with zero attached hydrogens (tertiary/aromatic N) is 3. The first-order chi connectivity index (χ1) is 13.2. The second kappa shape index (κ2) is 7.41. The lowest BCUT2D eigenvalue weighted by molar-refractivity contribution is 0.390. The molecule has 2 aromatic carbocycles. The van der Waals surface area contributed by atoms with E-state index in [9.17, 15) is 0 Å². The van der Waals surface area contributed by atoms with Crippen LogP contribution < -0.4 is 5.32 Å². The summed E-state index contributed by atoms with van der Waals surface area (Å²) in [5.41, 5.74) is 4.84. The summed E-state index contributed by atoms with van der Waals surface area (Å²) in [6.45, 7) is 4.52. The highest BCUT2D eigenvalue weighted by atomic mass is 16.5. The van der Waals surface area contributed by atoms with Gasteiger partial charge < -0.3 is 9.84 Å². The molecule has 0 fully saturated rings. The number of anilines is 1. The van der Waals surface area contributed by atoms with Crippen LogP contribution in [0.3, 0.4) is 0 Å². The molecule has 1 N–H and O–H groups in total. The van der Waals surface area contributed by atoms with E-state index in [1.54, 1.807) is 0 Å². The van der Waals surface area contributed by atoms with Gasteiger partial charge in [-0.1, -0.05) is 65.8 Å². The lowest BCUT2D eigenvalue weighted by Gasteiger charge is -2.11. The van der Waals surface area contributed by atoms with Crippen LogP contribution in [0, 0.1) is 13.8 Å². The Morgan fingerprint density at radius 2 is 1.52 bits per heavy atom. The van der Waals surface area contributed by atoms with Crippen molar-refractivity contribution >= 4 is 5.82 Å². The van der Waals surface area contributed by atoms with Crippen LogP contribution in [0.5, 0.6) is 0 Å². The summed E-state index contributed by atoms with van der Waals surface area (Å²) in [5, 5.41) is 7.52. The molecule has 0 saturated heterocycles. The number of aromatic nitrogens is 3. The van der Waals surface area contributed by atoms with Crippen LogP contribution in [-0.2, 0) is 6.54 Å². The summed E-state index contributed by atoms with van der Waals surface area (Å²) in [5.74, 6) is 2.27. The Bertz CT molecular complexity index is 1040. The van der Waals surface area contributed by atoms with Crippen LogP contribution in [0.4, 0.5) is 5.82 Å². The van der Waals surface area contributed by atoms with E-state index in [0.29, 0.717) is 12.4 Å². The highest BCUT2D eigenvalue weighted by Gasteiger charge is 2.11. The molecule has 4 aromatic rings. The number of hydrogen-bond acceptors (Lipinski definition) is 5. The zero-order valence-electron chi connectivity index (χ0n) is 15.3.